The maximum Gasteiger partial charge on any atom is 2.00 e. The van der Waals surface area contributed by atoms with Gasteiger partial charge in [-0.05, 0) is 98.0 Å². The monoisotopic (exact) mass is 1040 g/mol. The average Bonchev–Trinajstić information content (AvgIpc) is 4.03. The topological polar surface area (TPSA) is 134 Å². The number of carbonyl (C=O) groups is 3. The Hall–Kier alpha value is -5.81. The molecule has 8 rings (SSSR count). The molecule has 16 heteroatoms. The number of aryl methyl sites for hydroxylation is 2. The molecule has 0 spiro atoms. The molecular formula is C56H55ClF2MgN2O8S2. The van der Waals surface area contributed by atoms with Crippen molar-refractivity contribution in [1.29, 1.82) is 0 Å². The molecule has 1 unspecified atom stereocenters. The summed E-state index contributed by atoms with van der Waals surface area (Å²) in [6, 6.07) is 27.3. The number of ether oxygens (including phenoxy) is 4. The smallest absolute Gasteiger partial charge is 1.00 e. The van der Waals surface area contributed by atoms with Crippen LogP contribution in [0.25, 0.3) is 42.7 Å². The fourth-order valence-electron chi connectivity index (χ4n) is 8.03. The number of hydrogen-bond acceptors (Lipinski definition) is 12. The Kier molecular flexibility index (Phi) is 21.4. The standard InChI is InChI=1S/C28H28FNO4S.C27H24FNO4S.CH3.ClH.Mg/c1-5-17-10-12-25(30-26(17)20-16-35-27-19(20)7-6-8-21(27)29)28(2,32)14-13-22(31)18-9-11-23(33-3)24(15-18)34-4;1-4-16-8-10-21(29-26(16)19-15-34-27-18(19)6-5-7-20(27)28)23(31)12-11-22(30)17-9-13-24(32-2)25(14-17)33-3;;;/h6-12,15-16,32H,5,13-14H2,1-4H3;5-10,13-15H,4,11-12H2,1-3H3;1H3;1H;/q;;-1;;+2/p-1. The number of thiophene rings is 2. The van der Waals surface area contributed by atoms with Gasteiger partial charge < -0.3 is 43.9 Å². The zero-order valence-corrected chi connectivity index (χ0v) is 45.3. The predicted octanol–water partition coefficient (Wildman–Crippen LogP) is 10.2. The van der Waals surface area contributed by atoms with Crippen LogP contribution in [0.2, 0.25) is 0 Å². The van der Waals surface area contributed by atoms with E-state index in [1.807, 2.05) is 48.9 Å². The second-order valence-corrected chi connectivity index (χ2v) is 18.1. The minimum Gasteiger partial charge on any atom is -1.00 e. The largest absolute Gasteiger partial charge is 2.00 e. The van der Waals surface area contributed by atoms with E-state index in [4.69, 9.17) is 23.9 Å². The van der Waals surface area contributed by atoms with Gasteiger partial charge in [-0.3, -0.25) is 14.4 Å². The zero-order chi connectivity index (χ0) is 49.4. The summed E-state index contributed by atoms with van der Waals surface area (Å²) < 4.78 is 50.6. The zero-order valence-electron chi connectivity index (χ0n) is 41.5. The third kappa shape index (κ3) is 12.9. The van der Waals surface area contributed by atoms with E-state index in [0.29, 0.717) is 60.6 Å². The van der Waals surface area contributed by atoms with Crippen molar-refractivity contribution in [2.45, 2.75) is 64.9 Å². The number of nitrogens with zero attached hydrogens (tertiary/aromatic N) is 2. The number of ketones is 3. The first kappa shape index (κ1) is 58.8. The number of carbonyl (C=O) groups excluding carboxylic acids is 3. The van der Waals surface area contributed by atoms with Crippen LogP contribution in [0.4, 0.5) is 8.78 Å². The van der Waals surface area contributed by atoms with Crippen LogP contribution in [0, 0.1) is 19.1 Å². The summed E-state index contributed by atoms with van der Waals surface area (Å²) in [5.74, 6) is 0.986. The van der Waals surface area contributed by atoms with E-state index < -0.39 is 5.60 Å². The van der Waals surface area contributed by atoms with E-state index in [9.17, 15) is 28.3 Å². The Labute approximate surface area is 449 Å². The quantitative estimate of drug-likeness (QED) is 0.0503. The molecule has 10 nitrogen and oxygen atoms in total. The number of rotatable bonds is 18. The minimum absolute atomic E-state index is 0. The summed E-state index contributed by atoms with van der Waals surface area (Å²) in [5, 5.41) is 16.7. The van der Waals surface area contributed by atoms with E-state index in [2.05, 4.69) is 4.98 Å². The molecule has 0 fully saturated rings. The molecule has 0 aliphatic heterocycles. The van der Waals surface area contributed by atoms with Crippen LogP contribution in [0.15, 0.2) is 108 Å². The van der Waals surface area contributed by atoms with Crippen molar-refractivity contribution in [1.82, 2.24) is 9.97 Å². The van der Waals surface area contributed by atoms with Crippen molar-refractivity contribution < 1.29 is 59.6 Å². The summed E-state index contributed by atoms with van der Waals surface area (Å²) >= 11 is 2.67. The number of pyridine rings is 2. The normalized spacial score (nSPS) is 11.5. The van der Waals surface area contributed by atoms with E-state index in [0.717, 1.165) is 51.6 Å². The van der Waals surface area contributed by atoms with Gasteiger partial charge >= 0.3 is 23.1 Å². The number of halogens is 3. The molecule has 4 aromatic carbocycles. The number of benzene rings is 4. The molecule has 4 heterocycles. The molecule has 0 aliphatic carbocycles. The molecule has 1 N–H and O–H groups in total. The van der Waals surface area contributed by atoms with Gasteiger partial charge in [-0.1, -0.05) is 50.2 Å². The van der Waals surface area contributed by atoms with Crippen molar-refractivity contribution >= 4 is 83.2 Å². The fourth-order valence-corrected chi connectivity index (χ4v) is 9.95. The van der Waals surface area contributed by atoms with Gasteiger partial charge in [0.05, 0.1) is 54.9 Å². The fraction of sp³-hybridized carbons (Fsp3) is 0.250. The molecule has 4 aromatic heterocycles. The van der Waals surface area contributed by atoms with Gasteiger partial charge in [-0.15, -0.1) is 22.7 Å². The molecular weight excluding hydrogens is 991 g/mol. The van der Waals surface area contributed by atoms with Crippen molar-refractivity contribution in [3.05, 3.63) is 161 Å². The summed E-state index contributed by atoms with van der Waals surface area (Å²) in [7, 11) is 6.09. The van der Waals surface area contributed by atoms with E-state index in [-0.39, 0.29) is 97.6 Å². The van der Waals surface area contributed by atoms with Gasteiger partial charge in [0.1, 0.15) is 22.9 Å². The number of methoxy groups -OCH3 is 4. The predicted molar refractivity (Wildman–Crippen MR) is 281 cm³/mol. The van der Waals surface area contributed by atoms with Crippen LogP contribution in [0.3, 0.4) is 0 Å². The summed E-state index contributed by atoms with van der Waals surface area (Å²) in [4.78, 5) is 47.9. The maximum absolute atomic E-state index is 14.3. The number of aliphatic hydroxyl groups is 1. The number of aromatic nitrogens is 2. The number of hydrogen-bond donors (Lipinski definition) is 1. The summed E-state index contributed by atoms with van der Waals surface area (Å²) in [5.41, 5.74) is 5.43. The molecule has 0 aliphatic rings. The minimum atomic E-state index is -1.33. The number of fused-ring (bicyclic) bond motifs is 2. The van der Waals surface area contributed by atoms with E-state index >= 15 is 0 Å². The van der Waals surface area contributed by atoms with Crippen molar-refractivity contribution in [2.24, 2.45) is 0 Å². The Bertz CT molecular complexity index is 3190. The molecule has 372 valence electrons. The molecule has 0 radical (unpaired) electrons. The van der Waals surface area contributed by atoms with Gasteiger partial charge in [-0.2, -0.15) is 0 Å². The summed E-state index contributed by atoms with van der Waals surface area (Å²) in [6.07, 6.45) is 1.87. The molecule has 1 atom stereocenters. The molecule has 8 aromatic rings. The molecule has 0 saturated heterocycles. The Morgan fingerprint density at radius 2 is 1.04 bits per heavy atom. The van der Waals surface area contributed by atoms with Crippen molar-refractivity contribution in [3.63, 3.8) is 0 Å². The average molecular weight is 1050 g/mol. The second kappa shape index (κ2) is 26.2. The number of Topliss-reactive ketones (excluding diaryl/α,β-unsaturated/α-hetero) is 3. The van der Waals surface area contributed by atoms with E-state index in [1.165, 1.54) is 63.2 Å². The first-order chi connectivity index (χ1) is 33.2. The molecule has 72 heavy (non-hydrogen) atoms. The molecule has 0 amide bonds. The SMILES string of the molecule is CCc1ccc(C(=O)CCC(=O)c2ccc(OC)c(OC)c2)nc1-c1csc2c(F)cccc12.CCc1ccc(C(C)(O)CCC(=O)c2ccc(OC)c(OC)c2)nc1-c1csc2c(F)cccc12.[CH3-].[Cl-].[Mg+2]. The first-order valence-electron chi connectivity index (χ1n) is 22.3. The van der Waals surface area contributed by atoms with Gasteiger partial charge in [0, 0.05) is 63.0 Å². The van der Waals surface area contributed by atoms with Crippen LogP contribution in [0.1, 0.15) is 94.5 Å². The molecule has 0 saturated carbocycles. The summed E-state index contributed by atoms with van der Waals surface area (Å²) in [6.45, 7) is 5.71. The van der Waals surface area contributed by atoms with Crippen LogP contribution >= 0.6 is 22.7 Å². The van der Waals surface area contributed by atoms with E-state index in [1.54, 1.807) is 67.6 Å². The van der Waals surface area contributed by atoms with Crippen LogP contribution in [-0.2, 0) is 18.4 Å². The molecule has 0 bridgehead atoms. The van der Waals surface area contributed by atoms with Crippen molar-refractivity contribution in [3.8, 4) is 45.5 Å². The second-order valence-electron chi connectivity index (χ2n) is 16.3. The first-order valence-corrected chi connectivity index (χ1v) is 24.1. The third-order valence-corrected chi connectivity index (χ3v) is 14.0. The van der Waals surface area contributed by atoms with Gasteiger partial charge in [0.15, 0.2) is 40.3 Å². The third-order valence-electron chi connectivity index (χ3n) is 12.0. The van der Waals surface area contributed by atoms with Crippen LogP contribution in [-0.4, -0.2) is 83.9 Å². The Morgan fingerprint density at radius 3 is 1.51 bits per heavy atom. The van der Waals surface area contributed by atoms with Gasteiger partial charge in [0.2, 0.25) is 0 Å². The van der Waals surface area contributed by atoms with Crippen LogP contribution in [0.5, 0.6) is 23.0 Å². The Morgan fingerprint density at radius 1 is 0.597 bits per heavy atom. The van der Waals surface area contributed by atoms with Gasteiger partial charge in [-0.25, -0.2) is 18.7 Å². The van der Waals surface area contributed by atoms with Crippen molar-refractivity contribution in [2.75, 3.05) is 28.4 Å². The maximum atomic E-state index is 14.3. The van der Waals surface area contributed by atoms with Gasteiger partial charge in [0.25, 0.3) is 0 Å². The Balaban J connectivity index is 0.000000300. The van der Waals surface area contributed by atoms with Crippen LogP contribution < -0.4 is 31.4 Å².